The van der Waals surface area contributed by atoms with E-state index in [2.05, 4.69) is 12.2 Å². The SMILES string of the molecule is CCCCCCOc1ccc(CNc2ccccc2F)cc1. The molecular formula is C19H24FNO. The molecule has 0 aromatic heterocycles. The molecule has 2 aromatic carbocycles. The zero-order valence-electron chi connectivity index (χ0n) is 13.1. The van der Waals surface area contributed by atoms with Gasteiger partial charge >= 0.3 is 0 Å². The summed E-state index contributed by atoms with van der Waals surface area (Å²) < 4.78 is 19.2. The number of nitrogens with one attached hydrogen (secondary N) is 1. The van der Waals surface area contributed by atoms with Crippen molar-refractivity contribution in [2.24, 2.45) is 0 Å². The predicted octanol–water partition coefficient (Wildman–Crippen LogP) is 5.40. The highest BCUT2D eigenvalue weighted by molar-refractivity contribution is 5.45. The molecule has 0 aliphatic heterocycles. The van der Waals surface area contributed by atoms with Crippen LogP contribution in [0.1, 0.15) is 38.2 Å². The summed E-state index contributed by atoms with van der Waals surface area (Å²) in [5.74, 6) is 0.667. The minimum Gasteiger partial charge on any atom is -0.494 e. The van der Waals surface area contributed by atoms with Crippen LogP contribution >= 0.6 is 0 Å². The van der Waals surface area contributed by atoms with Crippen LogP contribution in [0.4, 0.5) is 10.1 Å². The van der Waals surface area contributed by atoms with E-state index in [0.717, 1.165) is 24.3 Å². The zero-order valence-corrected chi connectivity index (χ0v) is 13.1. The van der Waals surface area contributed by atoms with Gasteiger partial charge in [0.15, 0.2) is 0 Å². The lowest BCUT2D eigenvalue weighted by Gasteiger charge is -2.09. The molecule has 0 radical (unpaired) electrons. The van der Waals surface area contributed by atoms with Crippen molar-refractivity contribution in [3.63, 3.8) is 0 Å². The van der Waals surface area contributed by atoms with Crippen molar-refractivity contribution in [1.29, 1.82) is 0 Å². The van der Waals surface area contributed by atoms with E-state index >= 15 is 0 Å². The van der Waals surface area contributed by atoms with E-state index in [9.17, 15) is 4.39 Å². The first-order chi connectivity index (χ1) is 10.8. The van der Waals surface area contributed by atoms with Gasteiger partial charge in [0.25, 0.3) is 0 Å². The van der Waals surface area contributed by atoms with Gasteiger partial charge in [0.2, 0.25) is 0 Å². The summed E-state index contributed by atoms with van der Waals surface area (Å²) >= 11 is 0. The quantitative estimate of drug-likeness (QED) is 0.626. The molecular weight excluding hydrogens is 277 g/mol. The predicted molar refractivity (Wildman–Crippen MR) is 89.8 cm³/mol. The molecule has 0 heterocycles. The molecule has 0 spiro atoms. The molecule has 118 valence electrons. The Kier molecular flexibility index (Phi) is 6.75. The molecule has 2 nitrogen and oxygen atoms in total. The van der Waals surface area contributed by atoms with Gasteiger partial charge in [0.05, 0.1) is 12.3 Å². The number of halogens is 1. The molecule has 2 aromatic rings. The van der Waals surface area contributed by atoms with Gasteiger partial charge < -0.3 is 10.1 Å². The van der Waals surface area contributed by atoms with E-state index in [0.29, 0.717) is 12.2 Å². The van der Waals surface area contributed by atoms with Crippen molar-refractivity contribution >= 4 is 5.69 Å². The molecule has 0 aliphatic rings. The molecule has 0 amide bonds. The Morgan fingerprint density at radius 2 is 1.73 bits per heavy atom. The van der Waals surface area contributed by atoms with E-state index < -0.39 is 0 Å². The van der Waals surface area contributed by atoms with Crippen molar-refractivity contribution in [2.75, 3.05) is 11.9 Å². The monoisotopic (exact) mass is 301 g/mol. The lowest BCUT2D eigenvalue weighted by atomic mass is 10.2. The summed E-state index contributed by atoms with van der Waals surface area (Å²) in [5.41, 5.74) is 1.63. The smallest absolute Gasteiger partial charge is 0.146 e. The van der Waals surface area contributed by atoms with Gasteiger partial charge in [-0.25, -0.2) is 4.39 Å². The number of para-hydroxylation sites is 1. The number of rotatable bonds is 9. The van der Waals surface area contributed by atoms with Crippen LogP contribution in [0, 0.1) is 5.82 Å². The third kappa shape index (κ3) is 5.40. The summed E-state index contributed by atoms with van der Waals surface area (Å²) in [5, 5.41) is 3.10. The van der Waals surface area contributed by atoms with Gasteiger partial charge in [-0.15, -0.1) is 0 Å². The molecule has 2 rings (SSSR count). The number of ether oxygens (including phenoxy) is 1. The number of anilines is 1. The minimum atomic E-state index is -0.227. The number of unbranched alkanes of at least 4 members (excludes halogenated alkanes) is 3. The first-order valence-corrected chi connectivity index (χ1v) is 7.99. The van der Waals surface area contributed by atoms with Gasteiger partial charge in [-0.2, -0.15) is 0 Å². The van der Waals surface area contributed by atoms with Crippen LogP contribution in [0.25, 0.3) is 0 Å². The van der Waals surface area contributed by atoms with Crippen molar-refractivity contribution < 1.29 is 9.13 Å². The minimum absolute atomic E-state index is 0.227. The summed E-state index contributed by atoms with van der Waals surface area (Å²) in [6.45, 7) is 3.57. The van der Waals surface area contributed by atoms with Gasteiger partial charge in [0, 0.05) is 6.54 Å². The van der Waals surface area contributed by atoms with Crippen molar-refractivity contribution in [3.8, 4) is 5.75 Å². The van der Waals surface area contributed by atoms with Crippen LogP contribution in [-0.4, -0.2) is 6.61 Å². The lowest BCUT2D eigenvalue weighted by Crippen LogP contribution is -2.01. The van der Waals surface area contributed by atoms with Gasteiger partial charge in [-0.1, -0.05) is 50.5 Å². The fraction of sp³-hybridized carbons (Fsp3) is 0.368. The number of benzene rings is 2. The molecule has 3 heteroatoms. The van der Waals surface area contributed by atoms with E-state index in [4.69, 9.17) is 4.74 Å². The Morgan fingerprint density at radius 1 is 0.955 bits per heavy atom. The molecule has 0 saturated carbocycles. The van der Waals surface area contributed by atoms with Gasteiger partial charge in [0.1, 0.15) is 11.6 Å². The Balaban J connectivity index is 1.76. The van der Waals surface area contributed by atoms with Crippen LogP contribution in [0.3, 0.4) is 0 Å². The molecule has 0 unspecified atom stereocenters. The maximum atomic E-state index is 13.5. The number of hydrogen-bond donors (Lipinski definition) is 1. The van der Waals surface area contributed by atoms with E-state index in [-0.39, 0.29) is 5.82 Å². The summed E-state index contributed by atoms with van der Waals surface area (Å²) in [6, 6.07) is 14.7. The lowest BCUT2D eigenvalue weighted by molar-refractivity contribution is 0.305. The third-order valence-corrected chi connectivity index (χ3v) is 3.55. The molecule has 1 N–H and O–H groups in total. The standard InChI is InChI=1S/C19H24FNO/c1-2-3-4-7-14-22-17-12-10-16(11-13-17)15-21-19-9-6-5-8-18(19)20/h5-6,8-13,21H,2-4,7,14-15H2,1H3. The average molecular weight is 301 g/mol. The zero-order chi connectivity index (χ0) is 15.6. The van der Waals surface area contributed by atoms with Gasteiger partial charge in [-0.05, 0) is 36.2 Å². The second kappa shape index (κ2) is 9.08. The van der Waals surface area contributed by atoms with Crippen LogP contribution in [-0.2, 0) is 6.54 Å². The molecule has 0 bridgehead atoms. The van der Waals surface area contributed by atoms with Crippen LogP contribution in [0.2, 0.25) is 0 Å². The molecule has 0 saturated heterocycles. The molecule has 0 atom stereocenters. The summed E-state index contributed by atoms with van der Waals surface area (Å²) in [4.78, 5) is 0. The Labute approximate surface area is 132 Å². The fourth-order valence-corrected chi connectivity index (χ4v) is 2.22. The first kappa shape index (κ1) is 16.3. The van der Waals surface area contributed by atoms with Gasteiger partial charge in [-0.3, -0.25) is 0 Å². The van der Waals surface area contributed by atoms with Crippen LogP contribution < -0.4 is 10.1 Å². The Bertz CT molecular complexity index is 554. The second-order valence-corrected chi connectivity index (χ2v) is 5.39. The highest BCUT2D eigenvalue weighted by atomic mass is 19.1. The van der Waals surface area contributed by atoms with E-state index in [1.54, 1.807) is 12.1 Å². The Morgan fingerprint density at radius 3 is 2.45 bits per heavy atom. The maximum absolute atomic E-state index is 13.5. The summed E-state index contributed by atoms with van der Waals surface area (Å²) in [6.07, 6.45) is 4.83. The fourth-order valence-electron chi connectivity index (χ4n) is 2.22. The molecule has 0 fully saturated rings. The summed E-state index contributed by atoms with van der Waals surface area (Å²) in [7, 11) is 0. The Hall–Kier alpha value is -2.03. The second-order valence-electron chi connectivity index (χ2n) is 5.39. The molecule has 22 heavy (non-hydrogen) atoms. The highest BCUT2D eigenvalue weighted by Crippen LogP contribution is 2.16. The van der Waals surface area contributed by atoms with Crippen molar-refractivity contribution in [3.05, 3.63) is 59.9 Å². The largest absolute Gasteiger partial charge is 0.494 e. The maximum Gasteiger partial charge on any atom is 0.146 e. The van der Waals surface area contributed by atoms with E-state index in [1.807, 2.05) is 30.3 Å². The molecule has 0 aliphatic carbocycles. The third-order valence-electron chi connectivity index (χ3n) is 3.55. The normalized spacial score (nSPS) is 10.5. The van der Waals surface area contributed by atoms with Crippen LogP contribution in [0.5, 0.6) is 5.75 Å². The highest BCUT2D eigenvalue weighted by Gasteiger charge is 2.00. The topological polar surface area (TPSA) is 21.3 Å². The van der Waals surface area contributed by atoms with E-state index in [1.165, 1.54) is 25.3 Å². The average Bonchev–Trinajstić information content (AvgIpc) is 2.55. The van der Waals surface area contributed by atoms with Crippen molar-refractivity contribution in [2.45, 2.75) is 39.2 Å². The first-order valence-electron chi connectivity index (χ1n) is 7.99. The van der Waals surface area contributed by atoms with Crippen LogP contribution in [0.15, 0.2) is 48.5 Å². The number of hydrogen-bond acceptors (Lipinski definition) is 2. The van der Waals surface area contributed by atoms with Crippen molar-refractivity contribution in [1.82, 2.24) is 0 Å².